The molecule has 0 radical (unpaired) electrons. The second-order valence-electron chi connectivity index (χ2n) is 8.23. The Labute approximate surface area is 189 Å². The third-order valence-electron chi connectivity index (χ3n) is 5.94. The van der Waals surface area contributed by atoms with Gasteiger partial charge in [-0.15, -0.1) is 13.2 Å². The van der Waals surface area contributed by atoms with Crippen molar-refractivity contribution in [2.24, 2.45) is 0 Å². The maximum atomic E-state index is 13.2. The summed E-state index contributed by atoms with van der Waals surface area (Å²) < 4.78 is 53.8. The largest absolute Gasteiger partial charge is 0.573 e. The number of carbonyl (C=O) groups is 1. The minimum Gasteiger partial charge on any atom is -0.454 e. The summed E-state index contributed by atoms with van der Waals surface area (Å²) in [6.45, 7) is 2.03. The van der Waals surface area contributed by atoms with Gasteiger partial charge in [0.05, 0.1) is 5.41 Å². The molecule has 1 heterocycles. The molecule has 2 aliphatic rings. The zero-order valence-electron chi connectivity index (χ0n) is 17.7. The van der Waals surface area contributed by atoms with Crippen LogP contribution in [0, 0.1) is 6.92 Å². The Morgan fingerprint density at radius 1 is 1.00 bits per heavy atom. The number of carbonyl (C=O) groups excluding carboxylic acids is 1. The molecule has 0 aromatic heterocycles. The van der Waals surface area contributed by atoms with Gasteiger partial charge in [0.1, 0.15) is 5.75 Å². The zero-order valence-corrected chi connectivity index (χ0v) is 17.7. The molecule has 172 valence electrons. The molecule has 3 aromatic rings. The van der Waals surface area contributed by atoms with E-state index < -0.39 is 11.8 Å². The number of benzene rings is 3. The molecule has 0 bridgehead atoms. The number of amides is 1. The molecule has 5 rings (SSSR count). The van der Waals surface area contributed by atoms with Crippen LogP contribution in [0.3, 0.4) is 0 Å². The van der Waals surface area contributed by atoms with E-state index in [9.17, 15) is 18.0 Å². The van der Waals surface area contributed by atoms with Crippen LogP contribution >= 0.6 is 0 Å². The minimum atomic E-state index is -4.83. The molecule has 1 amide bonds. The Kier molecular flexibility index (Phi) is 4.96. The van der Waals surface area contributed by atoms with Gasteiger partial charge < -0.3 is 19.5 Å². The molecule has 8 heteroatoms. The zero-order chi connectivity index (χ0) is 23.2. The first kappa shape index (κ1) is 21.2. The Balaban J connectivity index is 0.00000274. The molecule has 33 heavy (non-hydrogen) atoms. The predicted molar refractivity (Wildman–Crippen MR) is 118 cm³/mol. The summed E-state index contributed by atoms with van der Waals surface area (Å²) in [4.78, 5) is 13.2. The van der Waals surface area contributed by atoms with Gasteiger partial charge in [0, 0.05) is 12.7 Å². The summed E-state index contributed by atoms with van der Waals surface area (Å²) >= 11 is 0. The van der Waals surface area contributed by atoms with E-state index in [2.05, 4.69) is 10.1 Å². The van der Waals surface area contributed by atoms with Gasteiger partial charge in [-0.25, -0.2) is 0 Å². The van der Waals surface area contributed by atoms with Crippen LogP contribution in [0.4, 0.5) is 18.9 Å². The SMILES string of the molecule is Cc1ccc(-c2cc(NC(=O)C3(c4ccc5c(c4)OCO5)CC3)ccc2OC(F)(F)F)cc1.[HH]. The monoisotopic (exact) mass is 457 g/mol. The van der Waals surface area contributed by atoms with Gasteiger partial charge in [-0.2, -0.15) is 0 Å². The quantitative estimate of drug-likeness (QED) is 0.495. The average molecular weight is 457 g/mol. The maximum Gasteiger partial charge on any atom is 0.573 e. The number of nitrogens with one attached hydrogen (secondary N) is 1. The van der Waals surface area contributed by atoms with Crippen LogP contribution < -0.4 is 19.5 Å². The van der Waals surface area contributed by atoms with E-state index in [1.165, 1.54) is 18.2 Å². The van der Waals surface area contributed by atoms with Crippen molar-refractivity contribution in [2.45, 2.75) is 31.5 Å². The highest BCUT2D eigenvalue weighted by Crippen LogP contribution is 2.51. The summed E-state index contributed by atoms with van der Waals surface area (Å²) in [6, 6.07) is 16.6. The lowest BCUT2D eigenvalue weighted by atomic mass is 9.94. The highest BCUT2D eigenvalue weighted by molar-refractivity contribution is 6.02. The van der Waals surface area contributed by atoms with Crippen molar-refractivity contribution < 1.29 is 33.6 Å². The van der Waals surface area contributed by atoms with Crippen molar-refractivity contribution in [1.82, 2.24) is 0 Å². The number of aryl methyl sites for hydroxylation is 1. The van der Waals surface area contributed by atoms with E-state index in [-0.39, 0.29) is 25.4 Å². The van der Waals surface area contributed by atoms with Gasteiger partial charge in [-0.1, -0.05) is 35.9 Å². The van der Waals surface area contributed by atoms with Crippen molar-refractivity contribution in [2.75, 3.05) is 12.1 Å². The summed E-state index contributed by atoms with van der Waals surface area (Å²) in [5.74, 6) is 0.682. The predicted octanol–water partition coefficient (Wildman–Crippen LogP) is 6.21. The van der Waals surface area contributed by atoms with Gasteiger partial charge >= 0.3 is 6.36 Å². The van der Waals surface area contributed by atoms with Crippen LogP contribution in [0.1, 0.15) is 25.4 Å². The average Bonchev–Trinajstić information content (AvgIpc) is 3.45. The fourth-order valence-electron chi connectivity index (χ4n) is 4.00. The van der Waals surface area contributed by atoms with Crippen LogP contribution in [0.25, 0.3) is 11.1 Å². The van der Waals surface area contributed by atoms with Gasteiger partial charge in [0.2, 0.25) is 12.7 Å². The van der Waals surface area contributed by atoms with Crippen molar-refractivity contribution in [3.63, 3.8) is 0 Å². The molecule has 1 N–H and O–H groups in total. The Hall–Kier alpha value is -3.68. The topological polar surface area (TPSA) is 56.8 Å². The van der Waals surface area contributed by atoms with E-state index in [0.29, 0.717) is 35.6 Å². The van der Waals surface area contributed by atoms with Crippen LogP contribution in [0.15, 0.2) is 60.7 Å². The first-order valence-electron chi connectivity index (χ1n) is 10.4. The fourth-order valence-corrected chi connectivity index (χ4v) is 4.00. The Morgan fingerprint density at radius 2 is 1.73 bits per heavy atom. The molecule has 0 unspecified atom stereocenters. The number of anilines is 1. The summed E-state index contributed by atoms with van der Waals surface area (Å²) in [5.41, 5.74) is 2.26. The maximum absolute atomic E-state index is 13.2. The number of hydrogen-bond donors (Lipinski definition) is 1. The lowest BCUT2D eigenvalue weighted by Gasteiger charge is -2.18. The van der Waals surface area contributed by atoms with Gasteiger partial charge in [-0.3, -0.25) is 4.79 Å². The standard InChI is InChI=1S/C25H20F3NO4.H2/c1-15-2-4-16(5-3-15)19-13-18(7-9-20(19)33-25(26,27)28)29-23(30)24(10-11-24)17-6-8-21-22(12-17)32-14-31-21;/h2-9,12-13H,10-11,14H2,1H3,(H,29,30);1H. The molecular weight excluding hydrogens is 435 g/mol. The van der Waals surface area contributed by atoms with E-state index in [1.807, 2.05) is 19.1 Å². The van der Waals surface area contributed by atoms with Crippen LogP contribution in [0.5, 0.6) is 17.2 Å². The summed E-state index contributed by atoms with van der Waals surface area (Å²) in [7, 11) is 0. The van der Waals surface area contributed by atoms with Crippen LogP contribution in [-0.2, 0) is 10.2 Å². The van der Waals surface area contributed by atoms with E-state index in [1.54, 1.807) is 30.3 Å². The molecule has 1 aliphatic heterocycles. The van der Waals surface area contributed by atoms with Crippen molar-refractivity contribution in [1.29, 1.82) is 0 Å². The van der Waals surface area contributed by atoms with Crippen molar-refractivity contribution >= 4 is 11.6 Å². The Morgan fingerprint density at radius 3 is 2.42 bits per heavy atom. The number of hydrogen-bond acceptors (Lipinski definition) is 4. The molecule has 5 nitrogen and oxygen atoms in total. The van der Waals surface area contributed by atoms with E-state index >= 15 is 0 Å². The molecule has 1 saturated carbocycles. The number of rotatable bonds is 5. The normalized spacial score (nSPS) is 15.8. The molecule has 0 saturated heterocycles. The van der Waals surface area contributed by atoms with Gasteiger partial charge in [0.25, 0.3) is 0 Å². The lowest BCUT2D eigenvalue weighted by molar-refractivity contribution is -0.274. The third-order valence-corrected chi connectivity index (χ3v) is 5.94. The first-order chi connectivity index (χ1) is 15.7. The fraction of sp³-hybridized carbons (Fsp3) is 0.240. The summed E-state index contributed by atoms with van der Waals surface area (Å²) in [6.07, 6.45) is -3.50. The summed E-state index contributed by atoms with van der Waals surface area (Å²) in [5, 5.41) is 2.87. The number of halogens is 3. The lowest BCUT2D eigenvalue weighted by Crippen LogP contribution is -2.27. The smallest absolute Gasteiger partial charge is 0.454 e. The van der Waals surface area contributed by atoms with E-state index in [0.717, 1.165) is 11.1 Å². The van der Waals surface area contributed by atoms with Crippen molar-refractivity contribution in [3.8, 4) is 28.4 Å². The van der Waals surface area contributed by atoms with Gasteiger partial charge in [-0.05, 0) is 61.2 Å². The number of alkyl halides is 3. The third kappa shape index (κ3) is 4.20. The molecule has 3 aromatic carbocycles. The molecule has 0 atom stereocenters. The molecule has 1 aliphatic carbocycles. The first-order valence-corrected chi connectivity index (χ1v) is 10.4. The minimum absolute atomic E-state index is 0. The Bertz CT molecular complexity index is 1220. The van der Waals surface area contributed by atoms with Crippen LogP contribution in [-0.4, -0.2) is 19.1 Å². The van der Waals surface area contributed by atoms with Crippen molar-refractivity contribution in [3.05, 3.63) is 71.8 Å². The molecule has 0 spiro atoms. The second-order valence-corrected chi connectivity index (χ2v) is 8.23. The highest BCUT2D eigenvalue weighted by atomic mass is 19.4. The number of ether oxygens (including phenoxy) is 3. The highest BCUT2D eigenvalue weighted by Gasteiger charge is 2.51. The van der Waals surface area contributed by atoms with Gasteiger partial charge in [0.15, 0.2) is 11.5 Å². The second kappa shape index (κ2) is 7.72. The number of fused-ring (bicyclic) bond motifs is 1. The van der Waals surface area contributed by atoms with Crippen LogP contribution in [0.2, 0.25) is 0 Å². The van der Waals surface area contributed by atoms with E-state index in [4.69, 9.17) is 9.47 Å². The molecule has 1 fully saturated rings. The molecular formula is C25H22F3NO4.